The molecule has 0 saturated heterocycles. The predicted molar refractivity (Wildman–Crippen MR) is 73.2 cm³/mol. The quantitative estimate of drug-likeness (QED) is 0.619. The minimum Gasteiger partial charge on any atom is -0.351 e. The maximum Gasteiger partial charge on any atom is 0.261 e. The van der Waals surface area contributed by atoms with Gasteiger partial charge in [-0.1, -0.05) is 6.92 Å². The highest BCUT2D eigenvalue weighted by molar-refractivity contribution is 7.90. The van der Waals surface area contributed by atoms with Gasteiger partial charge in [0, 0.05) is 25.4 Å². The highest BCUT2D eigenvalue weighted by atomic mass is 32.2. The maximum atomic E-state index is 11.7. The predicted octanol–water partition coefficient (Wildman–Crippen LogP) is 0.257. The Balaban J connectivity index is 3.22. The number of carbonyl (C=O) groups is 1. The molecule has 0 aromatic carbocycles. The van der Waals surface area contributed by atoms with Crippen molar-refractivity contribution in [3.63, 3.8) is 0 Å². The summed E-state index contributed by atoms with van der Waals surface area (Å²) in [5.41, 5.74) is 0.0644. The van der Waals surface area contributed by atoms with Crippen LogP contribution >= 0.6 is 0 Å². The van der Waals surface area contributed by atoms with Crippen molar-refractivity contribution in [2.45, 2.75) is 18.4 Å². The number of amides is 1. The van der Waals surface area contributed by atoms with Gasteiger partial charge < -0.3 is 5.32 Å². The summed E-state index contributed by atoms with van der Waals surface area (Å²) in [5, 5.41) is 15.4. The lowest BCUT2D eigenvalue weighted by Gasteiger charge is -2.03. The molecule has 0 fully saturated rings. The Bertz CT molecular complexity index is 680. The molecular formula is C12H16N4O3S. The van der Waals surface area contributed by atoms with E-state index < -0.39 is 15.7 Å². The van der Waals surface area contributed by atoms with Gasteiger partial charge in [-0.25, -0.2) is 8.42 Å². The molecule has 1 rings (SSSR count). The summed E-state index contributed by atoms with van der Waals surface area (Å²) in [6, 6.07) is 1.76. The van der Waals surface area contributed by atoms with Crippen LogP contribution in [-0.4, -0.2) is 36.9 Å². The number of sulfone groups is 1. The molecule has 20 heavy (non-hydrogen) atoms. The SMILES string of the molecule is CCCNC(=O)/C(C#N)=C/c1cnn(C)c1S(C)(=O)=O. The average molecular weight is 296 g/mol. The zero-order valence-electron chi connectivity index (χ0n) is 11.5. The molecular weight excluding hydrogens is 280 g/mol. The number of nitrogens with zero attached hydrogens (tertiary/aromatic N) is 3. The second-order valence-electron chi connectivity index (χ2n) is 4.23. The summed E-state index contributed by atoms with van der Waals surface area (Å²) in [7, 11) is -2.02. The van der Waals surface area contributed by atoms with Crippen molar-refractivity contribution >= 4 is 21.8 Å². The second kappa shape index (κ2) is 6.34. The summed E-state index contributed by atoms with van der Waals surface area (Å²) >= 11 is 0. The molecule has 1 heterocycles. The normalized spacial score (nSPS) is 12.0. The minimum atomic E-state index is -3.50. The van der Waals surface area contributed by atoms with E-state index in [1.54, 1.807) is 6.07 Å². The summed E-state index contributed by atoms with van der Waals surface area (Å²) in [6.07, 6.45) is 4.33. The molecule has 1 amide bonds. The highest BCUT2D eigenvalue weighted by Crippen LogP contribution is 2.17. The number of nitriles is 1. The molecule has 0 saturated carbocycles. The molecule has 1 N–H and O–H groups in total. The van der Waals surface area contributed by atoms with Crippen LogP contribution < -0.4 is 5.32 Å². The summed E-state index contributed by atoms with van der Waals surface area (Å²) in [6.45, 7) is 2.34. The first-order valence-electron chi connectivity index (χ1n) is 5.93. The lowest BCUT2D eigenvalue weighted by atomic mass is 10.2. The molecule has 7 nitrogen and oxygen atoms in total. The Hall–Kier alpha value is -2.14. The van der Waals surface area contributed by atoms with Crippen molar-refractivity contribution in [1.82, 2.24) is 15.1 Å². The number of hydrogen-bond acceptors (Lipinski definition) is 5. The van der Waals surface area contributed by atoms with E-state index in [-0.39, 0.29) is 16.2 Å². The smallest absolute Gasteiger partial charge is 0.261 e. The summed E-state index contributed by atoms with van der Waals surface area (Å²) < 4.78 is 24.5. The molecule has 0 aliphatic rings. The number of hydrogen-bond donors (Lipinski definition) is 1. The summed E-state index contributed by atoms with van der Waals surface area (Å²) in [5.74, 6) is -0.530. The Kier molecular flexibility index (Phi) is 5.05. The van der Waals surface area contributed by atoms with E-state index >= 15 is 0 Å². The fourth-order valence-corrected chi connectivity index (χ4v) is 2.70. The van der Waals surface area contributed by atoms with Gasteiger partial charge in [-0.05, 0) is 12.5 Å². The van der Waals surface area contributed by atoms with Crippen LogP contribution in [0.4, 0.5) is 0 Å². The molecule has 8 heteroatoms. The van der Waals surface area contributed by atoms with Gasteiger partial charge in [0.1, 0.15) is 11.6 Å². The van der Waals surface area contributed by atoms with Crippen LogP contribution in [0.5, 0.6) is 0 Å². The van der Waals surface area contributed by atoms with Crippen LogP contribution in [-0.2, 0) is 21.7 Å². The average Bonchev–Trinajstić information content (AvgIpc) is 2.73. The number of carbonyl (C=O) groups excluding carboxylic acids is 1. The Labute approximate surface area is 117 Å². The Morgan fingerprint density at radius 3 is 2.75 bits per heavy atom. The zero-order chi connectivity index (χ0) is 15.3. The van der Waals surface area contributed by atoms with E-state index in [0.29, 0.717) is 6.54 Å². The number of rotatable bonds is 5. The summed E-state index contributed by atoms with van der Waals surface area (Å²) in [4.78, 5) is 11.7. The first-order chi connectivity index (χ1) is 9.31. The van der Waals surface area contributed by atoms with Crippen LogP contribution in [0.25, 0.3) is 6.08 Å². The van der Waals surface area contributed by atoms with E-state index in [1.165, 1.54) is 24.0 Å². The van der Waals surface area contributed by atoms with Gasteiger partial charge in [-0.2, -0.15) is 10.4 Å². The van der Waals surface area contributed by atoms with Crippen LogP contribution in [0.15, 0.2) is 16.8 Å². The third-order valence-corrected chi connectivity index (χ3v) is 3.66. The van der Waals surface area contributed by atoms with Crippen molar-refractivity contribution in [1.29, 1.82) is 5.26 Å². The maximum absolute atomic E-state index is 11.7. The molecule has 0 aliphatic carbocycles. The van der Waals surface area contributed by atoms with Crippen LogP contribution in [0.1, 0.15) is 18.9 Å². The Morgan fingerprint density at radius 2 is 2.25 bits per heavy atom. The van der Waals surface area contributed by atoms with Crippen molar-refractivity contribution < 1.29 is 13.2 Å². The van der Waals surface area contributed by atoms with E-state index in [9.17, 15) is 13.2 Å². The standard InChI is InChI=1S/C12H16N4O3S/c1-4-5-14-11(17)9(7-13)6-10-8-15-16(2)12(10)20(3,18)19/h6,8H,4-5H2,1-3H3,(H,14,17)/b9-6+. The largest absolute Gasteiger partial charge is 0.351 e. The lowest BCUT2D eigenvalue weighted by molar-refractivity contribution is -0.117. The molecule has 1 aromatic rings. The molecule has 108 valence electrons. The highest BCUT2D eigenvalue weighted by Gasteiger charge is 2.19. The lowest BCUT2D eigenvalue weighted by Crippen LogP contribution is -2.25. The monoisotopic (exact) mass is 296 g/mol. The number of aromatic nitrogens is 2. The van der Waals surface area contributed by atoms with E-state index in [2.05, 4.69) is 10.4 Å². The fraction of sp³-hybridized carbons (Fsp3) is 0.417. The van der Waals surface area contributed by atoms with E-state index in [4.69, 9.17) is 5.26 Å². The van der Waals surface area contributed by atoms with Gasteiger partial charge in [-0.3, -0.25) is 9.48 Å². The van der Waals surface area contributed by atoms with Gasteiger partial charge in [-0.15, -0.1) is 0 Å². The first-order valence-corrected chi connectivity index (χ1v) is 7.82. The van der Waals surface area contributed by atoms with Crippen molar-refractivity contribution in [3.8, 4) is 6.07 Å². The molecule has 0 spiro atoms. The van der Waals surface area contributed by atoms with Crippen LogP contribution in [0, 0.1) is 11.3 Å². The van der Waals surface area contributed by atoms with Gasteiger partial charge >= 0.3 is 0 Å². The minimum absolute atomic E-state index is 0.0338. The van der Waals surface area contributed by atoms with Gasteiger partial charge in [0.25, 0.3) is 5.91 Å². The van der Waals surface area contributed by atoms with Gasteiger partial charge in [0.2, 0.25) is 0 Å². The molecule has 0 aliphatic heterocycles. The molecule has 0 atom stereocenters. The van der Waals surface area contributed by atoms with E-state index in [0.717, 1.165) is 12.7 Å². The van der Waals surface area contributed by atoms with Crippen LogP contribution in [0.3, 0.4) is 0 Å². The third-order valence-electron chi connectivity index (χ3n) is 2.46. The van der Waals surface area contributed by atoms with Crippen LogP contribution in [0.2, 0.25) is 0 Å². The molecule has 0 bridgehead atoms. The van der Waals surface area contributed by atoms with Crippen molar-refractivity contribution in [2.24, 2.45) is 7.05 Å². The third kappa shape index (κ3) is 3.68. The Morgan fingerprint density at radius 1 is 1.60 bits per heavy atom. The number of aryl methyl sites for hydroxylation is 1. The zero-order valence-corrected chi connectivity index (χ0v) is 12.4. The molecule has 0 unspecified atom stereocenters. The molecule has 0 radical (unpaired) electrons. The van der Waals surface area contributed by atoms with Crippen molar-refractivity contribution in [2.75, 3.05) is 12.8 Å². The topological polar surface area (TPSA) is 105 Å². The molecule has 1 aromatic heterocycles. The fourth-order valence-electron chi connectivity index (χ4n) is 1.63. The number of nitrogens with one attached hydrogen (secondary N) is 1. The first kappa shape index (κ1) is 15.9. The van der Waals surface area contributed by atoms with E-state index in [1.807, 2.05) is 6.92 Å². The van der Waals surface area contributed by atoms with Crippen molar-refractivity contribution in [3.05, 3.63) is 17.3 Å². The van der Waals surface area contributed by atoms with Gasteiger partial charge in [0.05, 0.1) is 6.20 Å². The van der Waals surface area contributed by atoms with Gasteiger partial charge in [0.15, 0.2) is 14.9 Å². The second-order valence-corrected chi connectivity index (χ2v) is 6.16.